The largest absolute Gasteiger partial charge is 0.497 e. The summed E-state index contributed by atoms with van der Waals surface area (Å²) in [6, 6.07) is 6.55. The van der Waals surface area contributed by atoms with Gasteiger partial charge in [0.2, 0.25) is 0 Å². The molecule has 1 aliphatic rings. The Hall–Kier alpha value is -1.80. The van der Waals surface area contributed by atoms with E-state index in [0.717, 1.165) is 0 Å². The minimum absolute atomic E-state index is 0.211. The molecule has 2 N–H and O–H groups in total. The molecule has 0 radical (unpaired) electrons. The lowest BCUT2D eigenvalue weighted by Gasteiger charge is -2.29. The van der Waals surface area contributed by atoms with Crippen molar-refractivity contribution in [2.45, 2.75) is 12.8 Å². The fourth-order valence-electron chi connectivity index (χ4n) is 2.22. The standard InChI is InChI=1S/C13H18N2O5S/c1-20-12-4-2-11(3-5-12)14-21(18,19)15-8-6-10(7-9-15)13(16)17/h2-5,10,14H,6-9H2,1H3,(H,16,17). The van der Waals surface area contributed by atoms with E-state index in [1.807, 2.05) is 0 Å². The Morgan fingerprint density at radius 3 is 2.33 bits per heavy atom. The highest BCUT2D eigenvalue weighted by Crippen LogP contribution is 2.22. The van der Waals surface area contributed by atoms with Crippen molar-refractivity contribution in [2.75, 3.05) is 24.9 Å². The van der Waals surface area contributed by atoms with Gasteiger partial charge in [-0.1, -0.05) is 0 Å². The second kappa shape index (κ2) is 6.31. The van der Waals surface area contributed by atoms with Crippen molar-refractivity contribution < 1.29 is 23.1 Å². The summed E-state index contributed by atoms with van der Waals surface area (Å²) >= 11 is 0. The van der Waals surface area contributed by atoms with Crippen molar-refractivity contribution in [3.63, 3.8) is 0 Å². The number of carboxylic acids is 1. The number of methoxy groups -OCH3 is 1. The molecule has 0 bridgehead atoms. The summed E-state index contributed by atoms with van der Waals surface area (Å²) in [5.74, 6) is -0.687. The SMILES string of the molecule is COc1ccc(NS(=O)(=O)N2CCC(C(=O)O)CC2)cc1. The molecule has 0 amide bonds. The first-order chi connectivity index (χ1) is 9.92. The van der Waals surface area contributed by atoms with Crippen LogP contribution in [0, 0.1) is 5.92 Å². The van der Waals surface area contributed by atoms with Crippen LogP contribution in [-0.2, 0) is 15.0 Å². The minimum atomic E-state index is -3.66. The number of nitrogens with zero attached hydrogens (tertiary/aromatic N) is 1. The van der Waals surface area contributed by atoms with E-state index in [2.05, 4.69) is 4.72 Å². The third kappa shape index (κ3) is 3.85. The van der Waals surface area contributed by atoms with Gasteiger partial charge in [0.05, 0.1) is 18.7 Å². The maximum absolute atomic E-state index is 12.2. The molecule has 0 saturated carbocycles. The van der Waals surface area contributed by atoms with Gasteiger partial charge in [0, 0.05) is 13.1 Å². The second-order valence-electron chi connectivity index (χ2n) is 4.85. The first-order valence-electron chi connectivity index (χ1n) is 6.57. The highest BCUT2D eigenvalue weighted by atomic mass is 32.2. The van der Waals surface area contributed by atoms with E-state index in [1.165, 1.54) is 11.4 Å². The Morgan fingerprint density at radius 2 is 1.86 bits per heavy atom. The third-order valence-corrected chi connectivity index (χ3v) is 5.02. The number of anilines is 1. The lowest BCUT2D eigenvalue weighted by Crippen LogP contribution is -2.42. The van der Waals surface area contributed by atoms with Crippen LogP contribution in [0.5, 0.6) is 5.75 Å². The van der Waals surface area contributed by atoms with Gasteiger partial charge in [-0.15, -0.1) is 0 Å². The number of carbonyl (C=O) groups is 1. The predicted molar refractivity (Wildman–Crippen MR) is 77.5 cm³/mol. The molecular weight excluding hydrogens is 296 g/mol. The summed E-state index contributed by atoms with van der Waals surface area (Å²) < 4.78 is 33.2. The molecule has 0 aliphatic carbocycles. The molecule has 1 aromatic carbocycles. The Balaban J connectivity index is 2.00. The van der Waals surface area contributed by atoms with E-state index in [-0.39, 0.29) is 13.1 Å². The molecule has 2 rings (SSSR count). The number of nitrogens with one attached hydrogen (secondary N) is 1. The van der Waals surface area contributed by atoms with Crippen molar-refractivity contribution in [2.24, 2.45) is 5.92 Å². The fraction of sp³-hybridized carbons (Fsp3) is 0.462. The number of benzene rings is 1. The molecule has 0 aromatic heterocycles. The van der Waals surface area contributed by atoms with E-state index < -0.39 is 22.1 Å². The molecule has 1 saturated heterocycles. The van der Waals surface area contributed by atoms with Crippen molar-refractivity contribution in [3.8, 4) is 5.75 Å². The molecule has 116 valence electrons. The lowest BCUT2D eigenvalue weighted by atomic mass is 9.99. The van der Waals surface area contributed by atoms with Gasteiger partial charge in [0.15, 0.2) is 0 Å². The summed E-state index contributed by atoms with van der Waals surface area (Å²) in [5.41, 5.74) is 0.441. The summed E-state index contributed by atoms with van der Waals surface area (Å²) in [4.78, 5) is 10.9. The van der Waals surface area contributed by atoms with Crippen LogP contribution in [0.2, 0.25) is 0 Å². The Bertz CT molecular complexity index is 591. The third-order valence-electron chi connectivity index (χ3n) is 3.48. The molecule has 0 spiro atoms. The number of hydrogen-bond donors (Lipinski definition) is 2. The molecule has 7 nitrogen and oxygen atoms in total. The lowest BCUT2D eigenvalue weighted by molar-refractivity contribution is -0.142. The van der Waals surface area contributed by atoms with Crippen LogP contribution >= 0.6 is 0 Å². The Morgan fingerprint density at radius 1 is 1.29 bits per heavy atom. The van der Waals surface area contributed by atoms with Gasteiger partial charge in [0.25, 0.3) is 0 Å². The van der Waals surface area contributed by atoms with E-state index in [1.54, 1.807) is 24.3 Å². The monoisotopic (exact) mass is 314 g/mol. The number of aliphatic carboxylic acids is 1. The maximum atomic E-state index is 12.2. The smallest absolute Gasteiger partial charge is 0.306 e. The molecule has 21 heavy (non-hydrogen) atoms. The minimum Gasteiger partial charge on any atom is -0.497 e. The normalized spacial score (nSPS) is 17.4. The number of rotatable bonds is 5. The molecule has 1 fully saturated rings. The Labute approximate surface area is 123 Å². The zero-order valence-corrected chi connectivity index (χ0v) is 12.5. The van der Waals surface area contributed by atoms with Crippen LogP contribution in [0.25, 0.3) is 0 Å². The molecule has 1 aliphatic heterocycles. The molecular formula is C13H18N2O5S. The first kappa shape index (κ1) is 15.6. The molecule has 8 heteroatoms. The van der Waals surface area contributed by atoms with Crippen molar-refractivity contribution in [3.05, 3.63) is 24.3 Å². The van der Waals surface area contributed by atoms with Crippen LogP contribution in [0.1, 0.15) is 12.8 Å². The Kier molecular flexibility index (Phi) is 4.69. The van der Waals surface area contributed by atoms with E-state index in [4.69, 9.17) is 9.84 Å². The van der Waals surface area contributed by atoms with Crippen molar-refractivity contribution in [1.82, 2.24) is 4.31 Å². The number of ether oxygens (including phenoxy) is 1. The van der Waals surface area contributed by atoms with E-state index in [9.17, 15) is 13.2 Å². The first-order valence-corrected chi connectivity index (χ1v) is 8.01. The van der Waals surface area contributed by atoms with Gasteiger partial charge in [0.1, 0.15) is 5.75 Å². The molecule has 1 aromatic rings. The molecule has 1 heterocycles. The van der Waals surface area contributed by atoms with Crippen LogP contribution in [0.3, 0.4) is 0 Å². The summed E-state index contributed by atoms with van der Waals surface area (Å²) in [5, 5.41) is 8.92. The van der Waals surface area contributed by atoms with Gasteiger partial charge in [-0.2, -0.15) is 12.7 Å². The highest BCUT2D eigenvalue weighted by Gasteiger charge is 2.30. The number of piperidine rings is 1. The van der Waals surface area contributed by atoms with Gasteiger partial charge in [-0.3, -0.25) is 9.52 Å². The van der Waals surface area contributed by atoms with Gasteiger partial charge in [-0.25, -0.2) is 0 Å². The topological polar surface area (TPSA) is 95.9 Å². The second-order valence-corrected chi connectivity index (χ2v) is 6.52. The van der Waals surface area contributed by atoms with Crippen molar-refractivity contribution in [1.29, 1.82) is 0 Å². The maximum Gasteiger partial charge on any atom is 0.306 e. The van der Waals surface area contributed by atoms with Gasteiger partial charge in [-0.05, 0) is 37.1 Å². The van der Waals surface area contributed by atoms with E-state index >= 15 is 0 Å². The van der Waals surface area contributed by atoms with Crippen LogP contribution in [-0.4, -0.2) is 44.0 Å². The van der Waals surface area contributed by atoms with Crippen molar-refractivity contribution >= 4 is 21.9 Å². The zero-order chi connectivity index (χ0) is 15.5. The quantitative estimate of drug-likeness (QED) is 0.850. The fourth-order valence-corrected chi connectivity index (χ4v) is 3.47. The van der Waals surface area contributed by atoms with Gasteiger partial charge >= 0.3 is 16.2 Å². The zero-order valence-electron chi connectivity index (χ0n) is 11.7. The average Bonchev–Trinajstić information content (AvgIpc) is 2.48. The van der Waals surface area contributed by atoms with Crippen LogP contribution in [0.15, 0.2) is 24.3 Å². The summed E-state index contributed by atoms with van der Waals surface area (Å²) in [7, 11) is -2.12. The van der Waals surface area contributed by atoms with Crippen LogP contribution in [0.4, 0.5) is 5.69 Å². The summed E-state index contributed by atoms with van der Waals surface area (Å²) in [6.07, 6.45) is 0.664. The van der Waals surface area contributed by atoms with Gasteiger partial charge < -0.3 is 9.84 Å². The van der Waals surface area contributed by atoms with Crippen LogP contribution < -0.4 is 9.46 Å². The number of hydrogen-bond acceptors (Lipinski definition) is 4. The average molecular weight is 314 g/mol. The molecule has 0 unspecified atom stereocenters. The summed E-state index contributed by atoms with van der Waals surface area (Å²) in [6.45, 7) is 0.422. The number of carboxylic acid groups (broad SMARTS) is 1. The van der Waals surface area contributed by atoms with E-state index in [0.29, 0.717) is 24.3 Å². The molecule has 0 atom stereocenters. The highest BCUT2D eigenvalue weighted by molar-refractivity contribution is 7.90. The predicted octanol–water partition coefficient (Wildman–Crippen LogP) is 1.15.